The van der Waals surface area contributed by atoms with E-state index in [2.05, 4.69) is 20.9 Å². The predicted molar refractivity (Wildman–Crippen MR) is 80.5 cm³/mol. The van der Waals surface area contributed by atoms with Gasteiger partial charge in [0.2, 0.25) is 0 Å². The first-order valence-corrected chi connectivity index (χ1v) is 6.91. The molecule has 21 heavy (non-hydrogen) atoms. The van der Waals surface area contributed by atoms with Gasteiger partial charge in [0.1, 0.15) is 5.82 Å². The second-order valence-corrected chi connectivity index (χ2v) is 5.36. The Kier molecular flexibility index (Phi) is 3.32. The second kappa shape index (κ2) is 5.15. The van der Waals surface area contributed by atoms with Crippen molar-refractivity contribution in [1.82, 2.24) is 4.98 Å². The summed E-state index contributed by atoms with van der Waals surface area (Å²) in [6, 6.07) is 11.6. The molecule has 1 heterocycles. The van der Waals surface area contributed by atoms with E-state index in [1.807, 2.05) is 6.07 Å². The Balaban J connectivity index is 2.18. The van der Waals surface area contributed by atoms with Gasteiger partial charge < -0.3 is 4.98 Å². The number of nitrogens with one attached hydrogen (secondary N) is 1. The topological polar surface area (TPSA) is 56.6 Å². The highest BCUT2D eigenvalue weighted by Gasteiger charge is 2.19. The molecule has 0 radical (unpaired) electrons. The number of halogens is 2. The highest BCUT2D eigenvalue weighted by Crippen LogP contribution is 2.25. The fraction of sp³-hybridized carbons (Fsp3) is 0. The zero-order valence-electron chi connectivity index (χ0n) is 10.7. The number of rotatable bonds is 2. The lowest BCUT2D eigenvalue weighted by Crippen LogP contribution is -2.04. The van der Waals surface area contributed by atoms with Crippen LogP contribution in [-0.4, -0.2) is 10.8 Å². The molecule has 0 aliphatic rings. The Morgan fingerprint density at radius 2 is 2.05 bits per heavy atom. The van der Waals surface area contributed by atoms with E-state index in [9.17, 15) is 9.18 Å². The number of H-pyrrole nitrogens is 1. The molecule has 102 valence electrons. The van der Waals surface area contributed by atoms with Crippen molar-refractivity contribution in [2.75, 3.05) is 0 Å². The number of nitrogens with zero attached hydrogens (tertiary/aromatic N) is 1. The molecule has 1 N–H and O–H groups in total. The number of ketones is 1. The molecule has 0 aliphatic carbocycles. The van der Waals surface area contributed by atoms with Crippen molar-refractivity contribution in [3.8, 4) is 6.07 Å². The van der Waals surface area contributed by atoms with Gasteiger partial charge >= 0.3 is 0 Å². The number of hydrogen-bond acceptors (Lipinski definition) is 2. The molecule has 3 aromatic rings. The molecular formula is C16H8BrFN2O. The van der Waals surface area contributed by atoms with E-state index in [0.29, 0.717) is 16.5 Å². The summed E-state index contributed by atoms with van der Waals surface area (Å²) >= 11 is 3.07. The third-order valence-corrected chi connectivity index (χ3v) is 3.86. The maximum absolute atomic E-state index is 14.1. The normalized spacial score (nSPS) is 10.5. The highest BCUT2D eigenvalue weighted by atomic mass is 79.9. The van der Waals surface area contributed by atoms with Crippen molar-refractivity contribution in [2.24, 2.45) is 0 Å². The summed E-state index contributed by atoms with van der Waals surface area (Å²) < 4.78 is 14.3. The van der Waals surface area contributed by atoms with E-state index >= 15 is 0 Å². The van der Waals surface area contributed by atoms with E-state index in [1.54, 1.807) is 24.3 Å². The number of hydrogen-bond donors (Lipinski definition) is 1. The van der Waals surface area contributed by atoms with Crippen LogP contribution < -0.4 is 0 Å². The first-order chi connectivity index (χ1) is 10.1. The predicted octanol–water partition coefficient (Wildman–Crippen LogP) is 4.17. The molecule has 0 fully saturated rings. The van der Waals surface area contributed by atoms with Gasteiger partial charge in [0.25, 0.3) is 0 Å². The Morgan fingerprint density at radius 3 is 2.81 bits per heavy atom. The summed E-state index contributed by atoms with van der Waals surface area (Å²) in [5.74, 6) is -1.01. The molecule has 0 aliphatic heterocycles. The summed E-state index contributed by atoms with van der Waals surface area (Å²) in [7, 11) is 0. The Labute approximate surface area is 128 Å². The molecule has 3 rings (SSSR count). The number of nitriles is 1. The molecular weight excluding hydrogens is 335 g/mol. The van der Waals surface area contributed by atoms with Gasteiger partial charge in [-0.15, -0.1) is 0 Å². The molecule has 0 spiro atoms. The zero-order valence-corrected chi connectivity index (χ0v) is 12.2. The maximum atomic E-state index is 14.1. The molecule has 0 saturated carbocycles. The van der Waals surface area contributed by atoms with E-state index in [-0.39, 0.29) is 10.0 Å². The summed E-state index contributed by atoms with van der Waals surface area (Å²) in [6.07, 6.45) is 1.54. The third-order valence-electron chi connectivity index (χ3n) is 3.25. The van der Waals surface area contributed by atoms with Crippen LogP contribution in [-0.2, 0) is 0 Å². The van der Waals surface area contributed by atoms with Gasteiger partial charge in [0, 0.05) is 22.7 Å². The van der Waals surface area contributed by atoms with Gasteiger partial charge in [-0.1, -0.05) is 6.07 Å². The molecule has 0 unspecified atom stereocenters. The lowest BCUT2D eigenvalue weighted by molar-refractivity contribution is 0.103. The van der Waals surface area contributed by atoms with Crippen LogP contribution in [0.2, 0.25) is 0 Å². The lowest BCUT2D eigenvalue weighted by atomic mass is 10.0. The third kappa shape index (κ3) is 2.24. The zero-order chi connectivity index (χ0) is 15.0. The summed E-state index contributed by atoms with van der Waals surface area (Å²) in [5.41, 5.74) is 1.52. The van der Waals surface area contributed by atoms with Crippen LogP contribution in [0.15, 0.2) is 47.1 Å². The molecule has 0 bridgehead atoms. The van der Waals surface area contributed by atoms with Crippen LogP contribution >= 0.6 is 15.9 Å². The molecule has 0 atom stereocenters. The van der Waals surface area contributed by atoms with Crippen LogP contribution in [0.25, 0.3) is 10.9 Å². The summed E-state index contributed by atoms with van der Waals surface area (Å²) in [6.45, 7) is 0. The Morgan fingerprint density at radius 1 is 1.24 bits per heavy atom. The van der Waals surface area contributed by atoms with E-state index in [0.717, 1.165) is 5.52 Å². The highest BCUT2D eigenvalue weighted by molar-refractivity contribution is 9.10. The molecule has 1 aromatic heterocycles. The SMILES string of the molecule is N#Cc1ccc2[nH]cc(C(=O)c3cccc(Br)c3F)c2c1. The minimum atomic E-state index is -0.590. The monoisotopic (exact) mass is 342 g/mol. The molecule has 0 amide bonds. The average Bonchev–Trinajstić information content (AvgIpc) is 2.92. The van der Waals surface area contributed by atoms with Gasteiger partial charge in [-0.25, -0.2) is 4.39 Å². The van der Waals surface area contributed by atoms with E-state index in [1.165, 1.54) is 18.3 Å². The standard InChI is InChI=1S/C16H8BrFN2O/c17-13-3-1-2-10(15(13)18)16(21)12-8-20-14-5-4-9(7-19)6-11(12)14/h1-6,8,20H. The van der Waals surface area contributed by atoms with Crippen LogP contribution in [0.3, 0.4) is 0 Å². The van der Waals surface area contributed by atoms with Crippen molar-refractivity contribution >= 4 is 32.6 Å². The number of carbonyl (C=O) groups excluding carboxylic acids is 1. The number of benzene rings is 2. The summed E-state index contributed by atoms with van der Waals surface area (Å²) in [4.78, 5) is 15.5. The van der Waals surface area contributed by atoms with E-state index < -0.39 is 11.6 Å². The van der Waals surface area contributed by atoms with Gasteiger partial charge in [-0.2, -0.15) is 5.26 Å². The molecule has 3 nitrogen and oxygen atoms in total. The quantitative estimate of drug-likeness (QED) is 0.710. The summed E-state index contributed by atoms with van der Waals surface area (Å²) in [5, 5.41) is 9.56. The van der Waals surface area contributed by atoms with Crippen LogP contribution in [0, 0.1) is 17.1 Å². The van der Waals surface area contributed by atoms with Gasteiger partial charge in [0.05, 0.1) is 21.7 Å². The maximum Gasteiger partial charge on any atom is 0.198 e. The minimum absolute atomic E-state index is 0.00682. The van der Waals surface area contributed by atoms with Crippen molar-refractivity contribution in [3.63, 3.8) is 0 Å². The first kappa shape index (κ1) is 13.5. The molecule has 0 saturated heterocycles. The number of aromatic nitrogens is 1. The number of carbonyl (C=O) groups is 1. The van der Waals surface area contributed by atoms with Gasteiger partial charge in [-0.05, 0) is 46.3 Å². The van der Waals surface area contributed by atoms with Crippen molar-refractivity contribution in [1.29, 1.82) is 5.26 Å². The Hall–Kier alpha value is -2.45. The van der Waals surface area contributed by atoms with Crippen molar-refractivity contribution in [2.45, 2.75) is 0 Å². The van der Waals surface area contributed by atoms with Gasteiger partial charge in [-0.3, -0.25) is 4.79 Å². The average molecular weight is 343 g/mol. The molecule has 2 aromatic carbocycles. The van der Waals surface area contributed by atoms with Crippen LogP contribution in [0.4, 0.5) is 4.39 Å². The van der Waals surface area contributed by atoms with Gasteiger partial charge in [0.15, 0.2) is 5.78 Å². The fourth-order valence-electron chi connectivity index (χ4n) is 2.20. The van der Waals surface area contributed by atoms with Crippen molar-refractivity contribution < 1.29 is 9.18 Å². The van der Waals surface area contributed by atoms with E-state index in [4.69, 9.17) is 5.26 Å². The van der Waals surface area contributed by atoms with Crippen molar-refractivity contribution in [3.05, 3.63) is 69.6 Å². The molecule has 5 heteroatoms. The number of fused-ring (bicyclic) bond motifs is 1. The van der Waals surface area contributed by atoms with Crippen LogP contribution in [0.5, 0.6) is 0 Å². The first-order valence-electron chi connectivity index (χ1n) is 6.12. The largest absolute Gasteiger partial charge is 0.360 e. The second-order valence-electron chi connectivity index (χ2n) is 4.51. The fourth-order valence-corrected chi connectivity index (χ4v) is 2.57. The number of aromatic amines is 1. The minimum Gasteiger partial charge on any atom is -0.360 e. The smallest absolute Gasteiger partial charge is 0.198 e. The Bertz CT molecular complexity index is 908. The lowest BCUT2D eigenvalue weighted by Gasteiger charge is -2.03. The van der Waals surface area contributed by atoms with Crippen LogP contribution in [0.1, 0.15) is 21.5 Å².